The van der Waals surface area contributed by atoms with E-state index in [1.807, 2.05) is 0 Å². The monoisotopic (exact) mass is 226 g/mol. The average molecular weight is 226 g/mol. The van der Waals surface area contributed by atoms with E-state index < -0.39 is 0 Å². The Morgan fingerprint density at radius 1 is 1.19 bits per heavy atom. The van der Waals surface area contributed by atoms with Gasteiger partial charge in [0.25, 0.3) is 0 Å². The lowest BCUT2D eigenvalue weighted by atomic mass is 9.93. The third-order valence-electron chi connectivity index (χ3n) is 3.72. The van der Waals surface area contributed by atoms with Crippen LogP contribution in [0.3, 0.4) is 0 Å². The molecular formula is C14H30N2. The summed E-state index contributed by atoms with van der Waals surface area (Å²) in [6, 6.07) is 0.766. The number of hydrogen-bond donors (Lipinski definition) is 1. The Labute approximate surface area is 102 Å². The summed E-state index contributed by atoms with van der Waals surface area (Å²) < 4.78 is 0. The fourth-order valence-corrected chi connectivity index (χ4v) is 2.65. The van der Waals surface area contributed by atoms with Crippen LogP contribution in [0.5, 0.6) is 0 Å². The number of hydrogen-bond acceptors (Lipinski definition) is 2. The number of unbranched alkanes of at least 4 members (excludes halogenated alkanes) is 2. The fourth-order valence-electron chi connectivity index (χ4n) is 2.65. The van der Waals surface area contributed by atoms with Crippen molar-refractivity contribution in [3.63, 3.8) is 0 Å². The summed E-state index contributed by atoms with van der Waals surface area (Å²) >= 11 is 0. The molecule has 0 aromatic heterocycles. The number of rotatable bonds is 7. The number of nitrogens with zero attached hydrogens (tertiary/aromatic N) is 1. The molecule has 0 radical (unpaired) electrons. The Hall–Kier alpha value is -0.0800. The summed E-state index contributed by atoms with van der Waals surface area (Å²) in [6.07, 6.45) is 6.71. The highest BCUT2D eigenvalue weighted by atomic mass is 15.1. The van der Waals surface area contributed by atoms with E-state index >= 15 is 0 Å². The summed E-state index contributed by atoms with van der Waals surface area (Å²) in [5, 5.41) is 3.68. The molecule has 1 aliphatic rings. The van der Waals surface area contributed by atoms with Crippen LogP contribution in [-0.2, 0) is 0 Å². The molecule has 1 fully saturated rings. The van der Waals surface area contributed by atoms with Gasteiger partial charge in [-0.05, 0) is 44.8 Å². The molecule has 1 rings (SSSR count). The van der Waals surface area contributed by atoms with Crippen LogP contribution < -0.4 is 5.32 Å². The van der Waals surface area contributed by atoms with E-state index in [0.717, 1.165) is 12.0 Å². The van der Waals surface area contributed by atoms with E-state index in [1.54, 1.807) is 0 Å². The van der Waals surface area contributed by atoms with Gasteiger partial charge in [-0.25, -0.2) is 0 Å². The Bertz CT molecular complexity index is 170. The zero-order chi connectivity index (χ0) is 11.8. The van der Waals surface area contributed by atoms with E-state index in [9.17, 15) is 0 Å². The van der Waals surface area contributed by atoms with Crippen molar-refractivity contribution < 1.29 is 0 Å². The zero-order valence-corrected chi connectivity index (χ0v) is 11.5. The average Bonchev–Trinajstić information content (AvgIpc) is 2.28. The summed E-state index contributed by atoms with van der Waals surface area (Å²) in [7, 11) is 0. The molecule has 96 valence electrons. The normalized spacial score (nSPS) is 27.2. The Kier molecular flexibility index (Phi) is 7.06. The smallest absolute Gasteiger partial charge is 0.0117 e. The largest absolute Gasteiger partial charge is 0.314 e. The quantitative estimate of drug-likeness (QED) is 0.672. The Morgan fingerprint density at radius 3 is 2.62 bits per heavy atom. The van der Waals surface area contributed by atoms with Gasteiger partial charge in [0.1, 0.15) is 0 Å². The minimum Gasteiger partial charge on any atom is -0.314 e. The molecule has 2 unspecified atom stereocenters. The van der Waals surface area contributed by atoms with Gasteiger partial charge in [-0.3, -0.25) is 0 Å². The van der Waals surface area contributed by atoms with Gasteiger partial charge >= 0.3 is 0 Å². The molecule has 0 aromatic rings. The summed E-state index contributed by atoms with van der Waals surface area (Å²) in [6.45, 7) is 12.0. The third-order valence-corrected chi connectivity index (χ3v) is 3.72. The van der Waals surface area contributed by atoms with Crippen LogP contribution in [0, 0.1) is 5.92 Å². The molecule has 0 aromatic carbocycles. The third kappa shape index (κ3) is 4.84. The van der Waals surface area contributed by atoms with Gasteiger partial charge in [0.15, 0.2) is 0 Å². The lowest BCUT2D eigenvalue weighted by Gasteiger charge is -2.37. The van der Waals surface area contributed by atoms with Crippen LogP contribution in [-0.4, -0.2) is 37.1 Å². The van der Waals surface area contributed by atoms with Gasteiger partial charge in [0.2, 0.25) is 0 Å². The Balaban J connectivity index is 2.17. The highest BCUT2D eigenvalue weighted by molar-refractivity contribution is 4.82. The van der Waals surface area contributed by atoms with Crippen molar-refractivity contribution in [2.45, 2.75) is 58.9 Å². The second-order valence-corrected chi connectivity index (χ2v) is 5.33. The molecule has 2 heteroatoms. The van der Waals surface area contributed by atoms with E-state index in [-0.39, 0.29) is 0 Å². The molecule has 1 N–H and O–H groups in total. The van der Waals surface area contributed by atoms with Gasteiger partial charge in [-0.2, -0.15) is 0 Å². The van der Waals surface area contributed by atoms with Gasteiger partial charge in [-0.15, -0.1) is 0 Å². The van der Waals surface area contributed by atoms with Crippen LogP contribution in [0.15, 0.2) is 0 Å². The summed E-state index contributed by atoms with van der Waals surface area (Å²) in [5.41, 5.74) is 0. The van der Waals surface area contributed by atoms with Crippen LogP contribution in [0.4, 0.5) is 0 Å². The van der Waals surface area contributed by atoms with Crippen molar-refractivity contribution in [3.05, 3.63) is 0 Å². The molecule has 0 aliphatic carbocycles. The molecule has 0 amide bonds. The molecular weight excluding hydrogens is 196 g/mol. The number of nitrogens with one attached hydrogen (secondary N) is 1. The molecule has 1 aliphatic heterocycles. The lowest BCUT2D eigenvalue weighted by Crippen LogP contribution is -2.48. The zero-order valence-electron chi connectivity index (χ0n) is 11.5. The van der Waals surface area contributed by atoms with E-state index in [1.165, 1.54) is 58.3 Å². The van der Waals surface area contributed by atoms with Crippen LogP contribution in [0.2, 0.25) is 0 Å². The van der Waals surface area contributed by atoms with Crippen molar-refractivity contribution in [1.29, 1.82) is 0 Å². The second-order valence-electron chi connectivity index (χ2n) is 5.33. The standard InChI is InChI=1S/C14H30N2/c1-4-6-7-10-16-11-8-14(13(3)12-16)15-9-5-2/h13-15H,4-12H2,1-3H3. The minimum absolute atomic E-state index is 0.766. The lowest BCUT2D eigenvalue weighted by molar-refractivity contribution is 0.145. The molecule has 0 spiro atoms. The maximum atomic E-state index is 3.68. The first kappa shape index (κ1) is 14.0. The maximum absolute atomic E-state index is 3.68. The minimum atomic E-state index is 0.766. The van der Waals surface area contributed by atoms with Crippen molar-refractivity contribution in [1.82, 2.24) is 10.2 Å². The number of piperidine rings is 1. The van der Waals surface area contributed by atoms with Crippen molar-refractivity contribution >= 4 is 0 Å². The van der Waals surface area contributed by atoms with Crippen molar-refractivity contribution in [2.75, 3.05) is 26.2 Å². The number of likely N-dealkylation sites (tertiary alicyclic amines) is 1. The van der Waals surface area contributed by atoms with Crippen molar-refractivity contribution in [2.24, 2.45) is 5.92 Å². The molecule has 2 atom stereocenters. The van der Waals surface area contributed by atoms with Crippen LogP contribution in [0.25, 0.3) is 0 Å². The van der Waals surface area contributed by atoms with Gasteiger partial charge in [-0.1, -0.05) is 33.6 Å². The van der Waals surface area contributed by atoms with Crippen LogP contribution >= 0.6 is 0 Å². The van der Waals surface area contributed by atoms with E-state index in [0.29, 0.717) is 0 Å². The summed E-state index contributed by atoms with van der Waals surface area (Å²) in [5.74, 6) is 0.821. The topological polar surface area (TPSA) is 15.3 Å². The summed E-state index contributed by atoms with van der Waals surface area (Å²) in [4.78, 5) is 2.66. The van der Waals surface area contributed by atoms with Gasteiger partial charge < -0.3 is 10.2 Å². The Morgan fingerprint density at radius 2 is 2.00 bits per heavy atom. The van der Waals surface area contributed by atoms with E-state index in [2.05, 4.69) is 31.0 Å². The first-order valence-electron chi connectivity index (χ1n) is 7.23. The van der Waals surface area contributed by atoms with Crippen LogP contribution in [0.1, 0.15) is 52.9 Å². The van der Waals surface area contributed by atoms with Gasteiger partial charge in [0, 0.05) is 12.6 Å². The predicted octanol–water partition coefficient (Wildman–Crippen LogP) is 2.89. The molecule has 1 saturated heterocycles. The van der Waals surface area contributed by atoms with Gasteiger partial charge in [0.05, 0.1) is 0 Å². The first-order chi connectivity index (χ1) is 7.77. The SMILES string of the molecule is CCCCCN1CCC(NCCC)C(C)C1. The molecule has 0 saturated carbocycles. The molecule has 0 bridgehead atoms. The van der Waals surface area contributed by atoms with E-state index in [4.69, 9.17) is 0 Å². The molecule has 2 nitrogen and oxygen atoms in total. The van der Waals surface area contributed by atoms with Crippen molar-refractivity contribution in [3.8, 4) is 0 Å². The molecule has 1 heterocycles. The first-order valence-corrected chi connectivity index (χ1v) is 7.23. The molecule has 16 heavy (non-hydrogen) atoms. The maximum Gasteiger partial charge on any atom is 0.0117 e. The highest BCUT2D eigenvalue weighted by Gasteiger charge is 2.24. The predicted molar refractivity (Wildman–Crippen MR) is 71.8 cm³/mol. The fraction of sp³-hybridized carbons (Fsp3) is 1.00. The second kappa shape index (κ2) is 8.08. The highest BCUT2D eigenvalue weighted by Crippen LogP contribution is 2.17.